The number of pyridine rings is 2. The molecule has 6 heteroatoms. The number of halogens is 1. The molecule has 0 bridgehead atoms. The molecule has 0 radical (unpaired) electrons. The van der Waals surface area contributed by atoms with Crippen LogP contribution < -0.4 is 4.74 Å². The van der Waals surface area contributed by atoms with Gasteiger partial charge < -0.3 is 9.47 Å². The molecule has 2 aromatic rings. The molecular weight excluding hydrogens is 304 g/mol. The second-order valence-electron chi connectivity index (χ2n) is 4.81. The highest BCUT2D eigenvalue weighted by molar-refractivity contribution is 6.32. The molecule has 2 aromatic heterocycles. The monoisotopic (exact) mass is 320 g/mol. The Kier molecular flexibility index (Phi) is 5.33. The van der Waals surface area contributed by atoms with E-state index in [4.69, 9.17) is 21.1 Å². The first-order valence-electron chi connectivity index (χ1n) is 6.98. The van der Waals surface area contributed by atoms with Gasteiger partial charge in [-0.25, -0.2) is 14.8 Å². The molecule has 5 nitrogen and oxygen atoms in total. The Hall–Kier alpha value is -2.14. The predicted octanol–water partition coefficient (Wildman–Crippen LogP) is 3.76. The van der Waals surface area contributed by atoms with Gasteiger partial charge in [-0.2, -0.15) is 0 Å². The zero-order chi connectivity index (χ0) is 16.1. The van der Waals surface area contributed by atoms with Crippen molar-refractivity contribution in [1.82, 2.24) is 9.97 Å². The van der Waals surface area contributed by atoms with Crippen LogP contribution in [0, 0.1) is 0 Å². The van der Waals surface area contributed by atoms with Crippen molar-refractivity contribution in [2.75, 3.05) is 6.61 Å². The number of aromatic nitrogens is 2. The van der Waals surface area contributed by atoms with E-state index in [1.165, 1.54) is 0 Å². The Balaban J connectivity index is 2.22. The summed E-state index contributed by atoms with van der Waals surface area (Å²) in [5, 5.41) is 0.110. The number of hydrogen-bond donors (Lipinski definition) is 0. The third-order valence-electron chi connectivity index (χ3n) is 2.73. The van der Waals surface area contributed by atoms with Crippen LogP contribution in [0.3, 0.4) is 0 Å². The Labute approximate surface area is 134 Å². The van der Waals surface area contributed by atoms with Gasteiger partial charge in [-0.15, -0.1) is 0 Å². The molecule has 116 valence electrons. The minimum atomic E-state index is -0.481. The predicted molar refractivity (Wildman–Crippen MR) is 84.2 cm³/mol. The third-order valence-corrected chi connectivity index (χ3v) is 3.02. The highest BCUT2D eigenvalue weighted by atomic mass is 35.5. The minimum absolute atomic E-state index is 0.0646. The number of carbonyl (C=O) groups excluding carboxylic acids is 1. The van der Waals surface area contributed by atoms with E-state index in [0.717, 1.165) is 5.56 Å². The first-order valence-corrected chi connectivity index (χ1v) is 7.35. The lowest BCUT2D eigenvalue weighted by molar-refractivity contribution is 0.0526. The fourth-order valence-corrected chi connectivity index (χ4v) is 2.03. The topological polar surface area (TPSA) is 61.3 Å². The Morgan fingerprint density at radius 1 is 1.27 bits per heavy atom. The quantitative estimate of drug-likeness (QED) is 0.620. The summed E-state index contributed by atoms with van der Waals surface area (Å²) in [6, 6.07) is 6.91. The zero-order valence-corrected chi connectivity index (χ0v) is 13.4. The van der Waals surface area contributed by atoms with E-state index in [1.54, 1.807) is 31.3 Å². The van der Waals surface area contributed by atoms with Crippen molar-refractivity contribution >= 4 is 17.6 Å². The van der Waals surface area contributed by atoms with Gasteiger partial charge in [-0.1, -0.05) is 11.6 Å². The summed E-state index contributed by atoms with van der Waals surface area (Å²) in [4.78, 5) is 20.1. The maximum Gasteiger partial charge on any atom is 0.341 e. The molecule has 0 N–H and O–H groups in total. The number of ether oxygens (including phenoxy) is 2. The summed E-state index contributed by atoms with van der Waals surface area (Å²) in [5.41, 5.74) is 1.66. The van der Waals surface area contributed by atoms with Crippen LogP contribution in [0.2, 0.25) is 5.15 Å². The number of carbonyl (C=O) groups is 1. The number of hydrogen-bond acceptors (Lipinski definition) is 5. The lowest BCUT2D eigenvalue weighted by Crippen LogP contribution is -2.07. The molecule has 0 saturated heterocycles. The largest absolute Gasteiger partial charge is 0.475 e. The van der Waals surface area contributed by atoms with Gasteiger partial charge in [0.25, 0.3) is 0 Å². The van der Waals surface area contributed by atoms with Crippen LogP contribution in [0.5, 0.6) is 5.88 Å². The van der Waals surface area contributed by atoms with Gasteiger partial charge in [-0.3, -0.25) is 0 Å². The van der Waals surface area contributed by atoms with E-state index >= 15 is 0 Å². The Morgan fingerprint density at radius 2 is 2.05 bits per heavy atom. The number of rotatable bonds is 5. The maximum absolute atomic E-state index is 11.7. The average molecular weight is 321 g/mol. The summed E-state index contributed by atoms with van der Waals surface area (Å²) in [7, 11) is 0. The normalized spacial score (nSPS) is 10.6. The molecule has 0 aromatic carbocycles. The third kappa shape index (κ3) is 3.95. The van der Waals surface area contributed by atoms with Gasteiger partial charge in [0.1, 0.15) is 5.15 Å². The van der Waals surface area contributed by atoms with Crippen LogP contribution in [0.1, 0.15) is 31.1 Å². The van der Waals surface area contributed by atoms with Crippen molar-refractivity contribution in [1.29, 1.82) is 0 Å². The molecule has 0 aliphatic heterocycles. The molecular formula is C16H17ClN2O3. The first kappa shape index (κ1) is 16.2. The Morgan fingerprint density at radius 3 is 2.59 bits per heavy atom. The fraction of sp³-hybridized carbons (Fsp3) is 0.312. The van der Waals surface area contributed by atoms with Gasteiger partial charge in [-0.05, 0) is 39.0 Å². The van der Waals surface area contributed by atoms with Gasteiger partial charge in [0.2, 0.25) is 5.88 Å². The average Bonchev–Trinajstić information content (AvgIpc) is 2.47. The van der Waals surface area contributed by atoms with Crippen molar-refractivity contribution in [3.05, 3.63) is 41.2 Å². The highest BCUT2D eigenvalue weighted by Gasteiger charge is 2.14. The summed E-state index contributed by atoms with van der Waals surface area (Å²) in [6.45, 7) is 5.90. The van der Waals surface area contributed by atoms with Gasteiger partial charge in [0.05, 0.1) is 24.0 Å². The summed E-state index contributed by atoms with van der Waals surface area (Å²) >= 11 is 6.05. The van der Waals surface area contributed by atoms with E-state index in [0.29, 0.717) is 11.6 Å². The molecule has 2 rings (SSSR count). The first-order chi connectivity index (χ1) is 10.5. The highest BCUT2D eigenvalue weighted by Crippen LogP contribution is 2.23. The standard InChI is InChI=1S/C16H17ClN2O3/c1-4-21-16(20)12-6-7-13(19-15(12)17)11-5-8-14(18-9-11)22-10(2)3/h5-10H,4H2,1-3H3. The summed E-state index contributed by atoms with van der Waals surface area (Å²) in [5.74, 6) is 0.0679. The number of nitrogens with zero attached hydrogens (tertiary/aromatic N) is 2. The lowest BCUT2D eigenvalue weighted by Gasteiger charge is -2.09. The van der Waals surface area contributed by atoms with Crippen LogP contribution in [-0.2, 0) is 4.74 Å². The molecule has 0 amide bonds. The summed E-state index contributed by atoms with van der Waals surface area (Å²) in [6.07, 6.45) is 1.72. The molecule has 0 saturated carbocycles. The molecule has 0 atom stereocenters. The van der Waals surface area contributed by atoms with Crippen molar-refractivity contribution in [2.24, 2.45) is 0 Å². The molecule has 0 unspecified atom stereocenters. The summed E-state index contributed by atoms with van der Waals surface area (Å²) < 4.78 is 10.4. The van der Waals surface area contributed by atoms with Crippen LogP contribution >= 0.6 is 11.6 Å². The zero-order valence-electron chi connectivity index (χ0n) is 12.7. The molecule has 0 aliphatic rings. The van der Waals surface area contributed by atoms with Crippen LogP contribution in [0.25, 0.3) is 11.3 Å². The molecule has 0 aliphatic carbocycles. The van der Waals surface area contributed by atoms with Crippen molar-refractivity contribution in [3.8, 4) is 17.1 Å². The van der Waals surface area contributed by atoms with Crippen molar-refractivity contribution < 1.29 is 14.3 Å². The van der Waals surface area contributed by atoms with Gasteiger partial charge >= 0.3 is 5.97 Å². The van der Waals surface area contributed by atoms with Crippen LogP contribution in [0.4, 0.5) is 0 Å². The SMILES string of the molecule is CCOC(=O)c1ccc(-c2ccc(OC(C)C)nc2)nc1Cl. The molecule has 0 fully saturated rings. The van der Waals surface area contributed by atoms with Crippen LogP contribution in [-0.4, -0.2) is 28.6 Å². The minimum Gasteiger partial charge on any atom is -0.475 e. The van der Waals surface area contributed by atoms with E-state index in [9.17, 15) is 4.79 Å². The smallest absolute Gasteiger partial charge is 0.341 e. The van der Waals surface area contributed by atoms with E-state index in [1.807, 2.05) is 19.9 Å². The second-order valence-corrected chi connectivity index (χ2v) is 5.17. The Bertz CT molecular complexity index is 657. The molecule has 0 spiro atoms. The molecule has 2 heterocycles. The molecule has 22 heavy (non-hydrogen) atoms. The van der Waals surface area contributed by atoms with E-state index < -0.39 is 5.97 Å². The van der Waals surface area contributed by atoms with Crippen molar-refractivity contribution in [2.45, 2.75) is 26.9 Å². The van der Waals surface area contributed by atoms with E-state index in [2.05, 4.69) is 9.97 Å². The van der Waals surface area contributed by atoms with E-state index in [-0.39, 0.29) is 23.4 Å². The maximum atomic E-state index is 11.7. The van der Waals surface area contributed by atoms with Crippen LogP contribution in [0.15, 0.2) is 30.5 Å². The van der Waals surface area contributed by atoms with Gasteiger partial charge in [0, 0.05) is 17.8 Å². The van der Waals surface area contributed by atoms with Crippen molar-refractivity contribution in [3.63, 3.8) is 0 Å². The second kappa shape index (κ2) is 7.22. The van der Waals surface area contributed by atoms with Gasteiger partial charge in [0.15, 0.2) is 0 Å². The lowest BCUT2D eigenvalue weighted by atomic mass is 10.1. The number of esters is 1. The fourth-order valence-electron chi connectivity index (χ4n) is 1.80.